The fourth-order valence-electron chi connectivity index (χ4n) is 3.41. The number of rotatable bonds is 4. The van der Waals surface area contributed by atoms with Gasteiger partial charge in [0.05, 0.1) is 17.8 Å². The largest absolute Gasteiger partial charge is 0.258 e. The van der Waals surface area contributed by atoms with Gasteiger partial charge in [-0.15, -0.1) is 10.2 Å². The average molecular weight is 366 g/mol. The molecule has 1 aliphatic carbocycles. The molecule has 1 aliphatic rings. The van der Waals surface area contributed by atoms with Crippen LogP contribution in [0.5, 0.6) is 0 Å². The number of aryl methyl sites for hydroxylation is 1. The Morgan fingerprint density at radius 3 is 2.96 bits per heavy atom. The molecule has 1 aromatic carbocycles. The molecule has 3 heterocycles. The standard InChI is InChI=1S/C18H16ClN7/c1-10-17-16(7-12(8-20-17)18-21-24-25-22-18)26(23-10)9-14-13(11-5-6-11)3-2-4-15(14)19/h2-4,7-8,11H,5-6,9H2,1H3,(H,21,22,24,25). The van der Waals surface area contributed by atoms with E-state index in [0.717, 1.165) is 32.9 Å². The van der Waals surface area contributed by atoms with Gasteiger partial charge >= 0.3 is 0 Å². The number of halogens is 1. The van der Waals surface area contributed by atoms with E-state index in [0.29, 0.717) is 18.3 Å². The summed E-state index contributed by atoms with van der Waals surface area (Å²) in [4.78, 5) is 4.55. The van der Waals surface area contributed by atoms with Crippen molar-refractivity contribution in [2.75, 3.05) is 0 Å². The van der Waals surface area contributed by atoms with Gasteiger partial charge in [-0.3, -0.25) is 9.67 Å². The van der Waals surface area contributed by atoms with E-state index < -0.39 is 0 Å². The van der Waals surface area contributed by atoms with Crippen LogP contribution >= 0.6 is 11.6 Å². The lowest BCUT2D eigenvalue weighted by Crippen LogP contribution is -2.05. The molecule has 8 heteroatoms. The molecule has 4 aromatic rings. The van der Waals surface area contributed by atoms with E-state index in [1.54, 1.807) is 6.20 Å². The van der Waals surface area contributed by atoms with E-state index in [1.807, 2.05) is 29.8 Å². The molecule has 3 aromatic heterocycles. The van der Waals surface area contributed by atoms with Gasteiger partial charge in [-0.05, 0) is 54.2 Å². The number of pyridine rings is 1. The third kappa shape index (κ3) is 2.55. The Morgan fingerprint density at radius 2 is 2.19 bits per heavy atom. The van der Waals surface area contributed by atoms with Crippen LogP contribution in [0.2, 0.25) is 5.02 Å². The van der Waals surface area contributed by atoms with Crippen LogP contribution in [0, 0.1) is 6.92 Å². The number of fused-ring (bicyclic) bond motifs is 1. The molecule has 7 nitrogen and oxygen atoms in total. The second-order valence-corrected chi connectivity index (χ2v) is 7.06. The van der Waals surface area contributed by atoms with Crippen LogP contribution in [0.25, 0.3) is 22.4 Å². The van der Waals surface area contributed by atoms with E-state index in [9.17, 15) is 0 Å². The molecule has 0 amide bonds. The number of aromatic nitrogens is 7. The van der Waals surface area contributed by atoms with Gasteiger partial charge in [0, 0.05) is 16.8 Å². The summed E-state index contributed by atoms with van der Waals surface area (Å²) in [6.45, 7) is 2.58. The molecule has 0 unspecified atom stereocenters. The summed E-state index contributed by atoms with van der Waals surface area (Å²) < 4.78 is 1.97. The summed E-state index contributed by atoms with van der Waals surface area (Å²) in [5.41, 5.74) is 5.98. The van der Waals surface area contributed by atoms with Crippen molar-refractivity contribution in [3.8, 4) is 11.4 Å². The van der Waals surface area contributed by atoms with Crippen molar-refractivity contribution < 1.29 is 0 Å². The zero-order valence-corrected chi connectivity index (χ0v) is 14.9. The molecular formula is C18H16ClN7. The maximum absolute atomic E-state index is 6.53. The molecule has 1 fully saturated rings. The zero-order valence-electron chi connectivity index (χ0n) is 14.1. The van der Waals surface area contributed by atoms with Gasteiger partial charge in [0.1, 0.15) is 5.52 Å². The highest BCUT2D eigenvalue weighted by Gasteiger charge is 2.27. The maximum atomic E-state index is 6.53. The van der Waals surface area contributed by atoms with E-state index in [1.165, 1.54) is 18.4 Å². The Morgan fingerprint density at radius 1 is 1.31 bits per heavy atom. The van der Waals surface area contributed by atoms with Crippen LogP contribution in [0.1, 0.15) is 35.6 Å². The fraction of sp³-hybridized carbons (Fsp3) is 0.278. The summed E-state index contributed by atoms with van der Waals surface area (Å²) in [5, 5.41) is 19.7. The molecule has 1 saturated carbocycles. The normalized spacial score (nSPS) is 14.2. The van der Waals surface area contributed by atoms with E-state index in [2.05, 4.69) is 31.7 Å². The Kier molecular flexibility index (Phi) is 3.49. The van der Waals surface area contributed by atoms with Crippen molar-refractivity contribution in [2.45, 2.75) is 32.2 Å². The molecule has 130 valence electrons. The Balaban J connectivity index is 1.62. The number of benzene rings is 1. The minimum absolute atomic E-state index is 0.515. The molecule has 0 radical (unpaired) electrons. The van der Waals surface area contributed by atoms with E-state index in [-0.39, 0.29) is 0 Å². The lowest BCUT2D eigenvalue weighted by molar-refractivity contribution is 0.697. The maximum Gasteiger partial charge on any atom is 0.206 e. The summed E-state index contributed by atoms with van der Waals surface area (Å²) >= 11 is 6.53. The molecule has 0 aliphatic heterocycles. The van der Waals surface area contributed by atoms with Gasteiger partial charge in [-0.1, -0.05) is 23.7 Å². The van der Waals surface area contributed by atoms with E-state index in [4.69, 9.17) is 16.7 Å². The first-order valence-electron chi connectivity index (χ1n) is 8.55. The SMILES string of the molecule is Cc1nn(Cc2c(Cl)cccc2C2CC2)c2cc(-c3nn[nH]n3)cnc12. The van der Waals surface area contributed by atoms with Gasteiger partial charge in [0.15, 0.2) is 0 Å². The van der Waals surface area contributed by atoms with Gasteiger partial charge in [-0.2, -0.15) is 10.3 Å². The monoisotopic (exact) mass is 365 g/mol. The third-order valence-corrected chi connectivity index (χ3v) is 5.20. The fourth-order valence-corrected chi connectivity index (χ4v) is 3.65. The van der Waals surface area contributed by atoms with E-state index >= 15 is 0 Å². The highest BCUT2D eigenvalue weighted by Crippen LogP contribution is 2.43. The Labute approximate surface area is 154 Å². The molecule has 0 spiro atoms. The number of hydrogen-bond donors (Lipinski definition) is 1. The van der Waals surface area contributed by atoms with Crippen LogP contribution in [0.15, 0.2) is 30.5 Å². The topological polar surface area (TPSA) is 85.2 Å². The van der Waals surface area contributed by atoms with Crippen molar-refractivity contribution in [3.63, 3.8) is 0 Å². The third-order valence-electron chi connectivity index (χ3n) is 4.84. The molecule has 26 heavy (non-hydrogen) atoms. The predicted molar refractivity (Wildman–Crippen MR) is 98.0 cm³/mol. The number of hydrogen-bond acceptors (Lipinski definition) is 5. The first-order chi connectivity index (χ1) is 12.7. The van der Waals surface area contributed by atoms with Gasteiger partial charge in [0.25, 0.3) is 0 Å². The van der Waals surface area contributed by atoms with Crippen LogP contribution in [-0.2, 0) is 6.54 Å². The lowest BCUT2D eigenvalue weighted by Gasteiger charge is -2.12. The number of nitrogens with zero attached hydrogens (tertiary/aromatic N) is 6. The summed E-state index contributed by atoms with van der Waals surface area (Å²) in [7, 11) is 0. The number of tetrazole rings is 1. The predicted octanol–water partition coefficient (Wildman–Crippen LogP) is 3.50. The zero-order chi connectivity index (χ0) is 17.7. The molecule has 5 rings (SSSR count). The van der Waals surface area contributed by atoms with Gasteiger partial charge in [-0.25, -0.2) is 0 Å². The summed E-state index contributed by atoms with van der Waals surface area (Å²) in [5.74, 6) is 1.14. The summed E-state index contributed by atoms with van der Waals surface area (Å²) in [6, 6.07) is 8.16. The number of nitrogens with one attached hydrogen (secondary N) is 1. The second kappa shape index (κ2) is 5.88. The molecule has 1 N–H and O–H groups in total. The van der Waals surface area contributed by atoms with Crippen molar-refractivity contribution in [1.82, 2.24) is 35.4 Å². The van der Waals surface area contributed by atoms with Gasteiger partial charge < -0.3 is 0 Å². The molecule has 0 saturated heterocycles. The quantitative estimate of drug-likeness (QED) is 0.598. The van der Waals surface area contributed by atoms with Gasteiger partial charge in [0.2, 0.25) is 5.82 Å². The minimum Gasteiger partial charge on any atom is -0.258 e. The lowest BCUT2D eigenvalue weighted by atomic mass is 10.0. The first kappa shape index (κ1) is 15.5. The molecule has 0 bridgehead atoms. The van der Waals surface area contributed by atoms with Crippen LogP contribution < -0.4 is 0 Å². The summed E-state index contributed by atoms with van der Waals surface area (Å²) in [6.07, 6.45) is 4.21. The molecule has 0 atom stereocenters. The highest BCUT2D eigenvalue weighted by atomic mass is 35.5. The molecular weight excluding hydrogens is 350 g/mol. The first-order valence-corrected chi connectivity index (χ1v) is 8.93. The van der Waals surface area contributed by atoms with Crippen molar-refractivity contribution >= 4 is 22.6 Å². The van der Waals surface area contributed by atoms with Crippen LogP contribution in [0.3, 0.4) is 0 Å². The minimum atomic E-state index is 0.515. The highest BCUT2D eigenvalue weighted by molar-refractivity contribution is 6.31. The number of H-pyrrole nitrogens is 1. The average Bonchev–Trinajstić information content (AvgIpc) is 3.25. The number of aromatic amines is 1. The second-order valence-electron chi connectivity index (χ2n) is 6.65. The van der Waals surface area contributed by atoms with Crippen LogP contribution in [-0.4, -0.2) is 35.4 Å². The smallest absolute Gasteiger partial charge is 0.206 e. The van der Waals surface area contributed by atoms with Crippen molar-refractivity contribution in [3.05, 3.63) is 52.3 Å². The Bertz CT molecular complexity index is 1100. The Hall–Kier alpha value is -2.80. The van der Waals surface area contributed by atoms with Crippen molar-refractivity contribution in [1.29, 1.82) is 0 Å². The van der Waals surface area contributed by atoms with Crippen LogP contribution in [0.4, 0.5) is 0 Å². The van der Waals surface area contributed by atoms with Crippen molar-refractivity contribution in [2.24, 2.45) is 0 Å².